The first-order valence-corrected chi connectivity index (χ1v) is 10.2. The van der Waals surface area contributed by atoms with Crippen LogP contribution in [0.5, 0.6) is 0 Å². The fourth-order valence-electron chi connectivity index (χ4n) is 4.46. The van der Waals surface area contributed by atoms with E-state index in [9.17, 15) is 9.59 Å². The van der Waals surface area contributed by atoms with E-state index in [0.29, 0.717) is 37.5 Å². The molecule has 148 valence electrons. The Bertz CT molecular complexity index is 927. The molecule has 0 aliphatic carbocycles. The summed E-state index contributed by atoms with van der Waals surface area (Å²) in [4.78, 5) is 28.8. The third-order valence-corrected chi connectivity index (χ3v) is 6.15. The third-order valence-electron chi connectivity index (χ3n) is 6.15. The molecule has 0 bridgehead atoms. The number of nitrogens with zero attached hydrogens (tertiary/aromatic N) is 3. The van der Waals surface area contributed by atoms with Crippen molar-refractivity contribution >= 4 is 11.8 Å². The lowest BCUT2D eigenvalue weighted by molar-refractivity contribution is -0.139. The molecule has 4 rings (SSSR count). The highest BCUT2D eigenvalue weighted by Gasteiger charge is 2.33. The number of benzene rings is 2. The second-order valence-corrected chi connectivity index (χ2v) is 7.98. The van der Waals surface area contributed by atoms with Gasteiger partial charge < -0.3 is 9.80 Å². The van der Waals surface area contributed by atoms with Crippen LogP contribution >= 0.6 is 0 Å². The van der Waals surface area contributed by atoms with E-state index in [1.807, 2.05) is 41.3 Å². The molecule has 0 saturated carbocycles. The van der Waals surface area contributed by atoms with E-state index in [1.54, 1.807) is 4.90 Å². The van der Waals surface area contributed by atoms with Crippen molar-refractivity contribution in [2.45, 2.75) is 31.1 Å². The van der Waals surface area contributed by atoms with Gasteiger partial charge in [-0.2, -0.15) is 5.26 Å². The number of carbonyl (C=O) groups is 2. The van der Waals surface area contributed by atoms with Crippen molar-refractivity contribution in [3.63, 3.8) is 0 Å². The molecule has 0 spiro atoms. The number of likely N-dealkylation sites (tertiary alicyclic amines) is 2. The number of hydrogen-bond donors (Lipinski definition) is 0. The second-order valence-electron chi connectivity index (χ2n) is 7.98. The molecule has 29 heavy (non-hydrogen) atoms. The van der Waals surface area contributed by atoms with Crippen molar-refractivity contribution in [3.05, 3.63) is 71.3 Å². The zero-order valence-corrected chi connectivity index (χ0v) is 16.5. The lowest BCUT2D eigenvalue weighted by atomic mass is 9.88. The largest absolute Gasteiger partial charge is 0.341 e. The van der Waals surface area contributed by atoms with Crippen LogP contribution in [0.25, 0.3) is 0 Å². The Morgan fingerprint density at radius 2 is 1.72 bits per heavy atom. The predicted molar refractivity (Wildman–Crippen MR) is 110 cm³/mol. The monoisotopic (exact) mass is 387 g/mol. The maximum Gasteiger partial charge on any atom is 0.242 e. The predicted octanol–water partition coefficient (Wildman–Crippen LogP) is 3.28. The summed E-state index contributed by atoms with van der Waals surface area (Å²) in [6.07, 6.45) is 2.26. The Hall–Kier alpha value is -3.13. The Morgan fingerprint density at radius 1 is 1.00 bits per heavy atom. The van der Waals surface area contributed by atoms with Gasteiger partial charge in [0.15, 0.2) is 0 Å². The van der Waals surface area contributed by atoms with Gasteiger partial charge in [0, 0.05) is 32.0 Å². The maximum absolute atomic E-state index is 12.8. The van der Waals surface area contributed by atoms with Crippen molar-refractivity contribution in [2.75, 3.05) is 26.2 Å². The molecule has 2 saturated heterocycles. The van der Waals surface area contributed by atoms with Gasteiger partial charge >= 0.3 is 0 Å². The summed E-state index contributed by atoms with van der Waals surface area (Å²) in [5, 5.41) is 9.09. The summed E-state index contributed by atoms with van der Waals surface area (Å²) in [5.74, 6) is 0.657. The van der Waals surface area contributed by atoms with Crippen molar-refractivity contribution in [1.29, 1.82) is 5.26 Å². The number of rotatable bonds is 4. The minimum absolute atomic E-state index is 0.0382. The van der Waals surface area contributed by atoms with E-state index in [1.165, 1.54) is 5.56 Å². The van der Waals surface area contributed by atoms with E-state index in [0.717, 1.165) is 18.4 Å². The molecule has 5 heteroatoms. The van der Waals surface area contributed by atoms with Crippen molar-refractivity contribution in [3.8, 4) is 6.07 Å². The van der Waals surface area contributed by atoms with E-state index in [-0.39, 0.29) is 24.3 Å². The zero-order chi connectivity index (χ0) is 20.2. The summed E-state index contributed by atoms with van der Waals surface area (Å²) in [6.45, 7) is 2.19. The minimum Gasteiger partial charge on any atom is -0.341 e. The van der Waals surface area contributed by atoms with Crippen LogP contribution < -0.4 is 0 Å². The van der Waals surface area contributed by atoms with Gasteiger partial charge in [-0.1, -0.05) is 42.5 Å². The average Bonchev–Trinajstić information content (AvgIpc) is 3.14. The van der Waals surface area contributed by atoms with Crippen molar-refractivity contribution < 1.29 is 9.59 Å². The van der Waals surface area contributed by atoms with Crippen molar-refractivity contribution in [1.82, 2.24) is 9.80 Å². The van der Waals surface area contributed by atoms with Gasteiger partial charge in [0.2, 0.25) is 11.8 Å². The average molecular weight is 387 g/mol. The van der Waals surface area contributed by atoms with Gasteiger partial charge in [0.1, 0.15) is 0 Å². The van der Waals surface area contributed by atoms with E-state index >= 15 is 0 Å². The van der Waals surface area contributed by atoms with Crippen LogP contribution in [0.1, 0.15) is 47.8 Å². The number of piperidine rings is 1. The highest BCUT2D eigenvalue weighted by atomic mass is 16.2. The van der Waals surface area contributed by atoms with Gasteiger partial charge in [0.05, 0.1) is 18.2 Å². The molecule has 2 aromatic carbocycles. The quantitative estimate of drug-likeness (QED) is 0.809. The molecule has 0 radical (unpaired) electrons. The Morgan fingerprint density at radius 3 is 2.45 bits per heavy atom. The molecule has 0 N–H and O–H groups in total. The van der Waals surface area contributed by atoms with Gasteiger partial charge in [0.25, 0.3) is 0 Å². The fraction of sp³-hybridized carbons (Fsp3) is 0.375. The molecule has 5 nitrogen and oxygen atoms in total. The SMILES string of the molecule is N#Cc1cccc(C2CCN(C(=O)CN3C[C@H](c4ccccc4)CC3=O)CC2)c1. The Labute approximate surface area is 171 Å². The number of amides is 2. The summed E-state index contributed by atoms with van der Waals surface area (Å²) in [5.41, 5.74) is 3.02. The maximum atomic E-state index is 12.8. The van der Waals surface area contributed by atoms with E-state index < -0.39 is 0 Å². The Kier molecular flexibility index (Phi) is 5.62. The van der Waals surface area contributed by atoms with Gasteiger partial charge in [-0.3, -0.25) is 9.59 Å². The minimum atomic E-state index is 0.0382. The van der Waals surface area contributed by atoms with Gasteiger partial charge in [-0.25, -0.2) is 0 Å². The van der Waals surface area contributed by atoms with Crippen LogP contribution in [0, 0.1) is 11.3 Å². The third kappa shape index (κ3) is 4.32. The first-order valence-electron chi connectivity index (χ1n) is 10.2. The topological polar surface area (TPSA) is 64.4 Å². The molecule has 1 atom stereocenters. The lowest BCUT2D eigenvalue weighted by Gasteiger charge is -2.33. The van der Waals surface area contributed by atoms with Gasteiger partial charge in [-0.05, 0) is 42.0 Å². The summed E-state index contributed by atoms with van der Waals surface area (Å²) < 4.78 is 0. The van der Waals surface area contributed by atoms with Crippen molar-refractivity contribution in [2.24, 2.45) is 0 Å². The summed E-state index contributed by atoms with van der Waals surface area (Å²) in [7, 11) is 0. The molecular weight excluding hydrogens is 362 g/mol. The van der Waals surface area contributed by atoms with Crippen LogP contribution in [-0.4, -0.2) is 47.8 Å². The standard InChI is InChI=1S/C24H25N3O2/c25-15-18-5-4-8-21(13-18)20-9-11-26(12-10-20)24(29)17-27-16-22(14-23(27)28)19-6-2-1-3-7-19/h1-8,13,20,22H,9-12,14,16-17H2/t22-/m1/s1. The van der Waals surface area contributed by atoms with Crippen LogP contribution in [0.3, 0.4) is 0 Å². The zero-order valence-electron chi connectivity index (χ0n) is 16.5. The lowest BCUT2D eigenvalue weighted by Crippen LogP contribution is -2.44. The highest BCUT2D eigenvalue weighted by molar-refractivity contribution is 5.86. The fourth-order valence-corrected chi connectivity index (χ4v) is 4.46. The molecule has 2 aromatic rings. The van der Waals surface area contributed by atoms with E-state index in [2.05, 4.69) is 24.3 Å². The van der Waals surface area contributed by atoms with Crippen LogP contribution in [0.2, 0.25) is 0 Å². The summed E-state index contributed by atoms with van der Waals surface area (Å²) in [6, 6.07) is 20.0. The van der Waals surface area contributed by atoms with E-state index in [4.69, 9.17) is 5.26 Å². The molecule has 2 fully saturated rings. The first kappa shape index (κ1) is 19.2. The Balaban J connectivity index is 1.31. The van der Waals surface area contributed by atoms with Crippen LogP contribution in [0.4, 0.5) is 0 Å². The molecule has 0 aromatic heterocycles. The molecule has 2 amide bonds. The van der Waals surface area contributed by atoms with Crippen LogP contribution in [0.15, 0.2) is 54.6 Å². The normalized spacial score (nSPS) is 20.0. The molecule has 2 aliphatic rings. The first-order chi connectivity index (χ1) is 14.1. The molecule has 2 heterocycles. The molecule has 2 aliphatic heterocycles. The number of hydrogen-bond acceptors (Lipinski definition) is 3. The number of carbonyl (C=O) groups excluding carboxylic acids is 2. The second kappa shape index (κ2) is 8.48. The summed E-state index contributed by atoms with van der Waals surface area (Å²) >= 11 is 0. The number of nitriles is 1. The van der Waals surface area contributed by atoms with Gasteiger partial charge in [-0.15, -0.1) is 0 Å². The smallest absolute Gasteiger partial charge is 0.242 e. The highest BCUT2D eigenvalue weighted by Crippen LogP contribution is 2.30. The molecular formula is C24H25N3O2. The molecule has 0 unspecified atom stereocenters. The van der Waals surface area contributed by atoms with Crippen LogP contribution in [-0.2, 0) is 9.59 Å².